The summed E-state index contributed by atoms with van der Waals surface area (Å²) >= 11 is 0. The maximum Gasteiger partial charge on any atom is 0.0464 e. The van der Waals surface area contributed by atoms with Crippen molar-refractivity contribution in [2.24, 2.45) is 0 Å². The number of benzene rings is 6. The molecule has 0 saturated carbocycles. The first-order valence-electron chi connectivity index (χ1n) is 15.8. The minimum atomic E-state index is -0.173. The quantitative estimate of drug-likeness (QED) is 0.175. The molecule has 2 heteroatoms. The van der Waals surface area contributed by atoms with Crippen LogP contribution in [-0.4, -0.2) is 0 Å². The Morgan fingerprint density at radius 1 is 0.333 bits per heavy atom. The Labute approximate surface area is 269 Å². The van der Waals surface area contributed by atoms with Gasteiger partial charge in [-0.15, -0.1) is 0 Å². The van der Waals surface area contributed by atoms with Gasteiger partial charge in [0.25, 0.3) is 0 Å². The Morgan fingerprint density at radius 3 is 0.978 bits per heavy atom. The molecule has 0 aliphatic carbocycles. The molecule has 0 fully saturated rings. The van der Waals surface area contributed by atoms with Crippen LogP contribution in [0.15, 0.2) is 146 Å². The van der Waals surface area contributed by atoms with Crippen LogP contribution in [0.1, 0.15) is 47.2 Å². The summed E-state index contributed by atoms with van der Waals surface area (Å²) in [6.45, 7) is 13.2. The van der Waals surface area contributed by atoms with Crippen molar-refractivity contribution in [1.29, 1.82) is 0 Å². The lowest BCUT2D eigenvalue weighted by Gasteiger charge is -2.30. The number of hydrogen-bond acceptors (Lipinski definition) is 2. The third-order valence-electron chi connectivity index (χ3n) is 8.83. The Hall–Kier alpha value is -5.08. The van der Waals surface area contributed by atoms with E-state index in [2.05, 4.69) is 197 Å². The maximum absolute atomic E-state index is 2.34. The zero-order valence-electron chi connectivity index (χ0n) is 27.3. The summed E-state index contributed by atoms with van der Waals surface area (Å²) < 4.78 is 0. The molecule has 0 unspecified atom stereocenters. The van der Waals surface area contributed by atoms with E-state index >= 15 is 0 Å². The molecule has 224 valence electrons. The monoisotopic (exact) mass is 586 g/mol. The molecule has 0 radical (unpaired) electrons. The topological polar surface area (TPSA) is 6.48 Å². The van der Waals surface area contributed by atoms with Gasteiger partial charge in [0.05, 0.1) is 0 Å². The van der Waals surface area contributed by atoms with Crippen molar-refractivity contribution in [2.75, 3.05) is 9.80 Å². The lowest BCUT2D eigenvalue weighted by atomic mass is 9.78. The van der Waals surface area contributed by atoms with E-state index in [0.29, 0.717) is 0 Å². The van der Waals surface area contributed by atoms with Crippen LogP contribution in [0.25, 0.3) is 0 Å². The van der Waals surface area contributed by atoms with E-state index in [4.69, 9.17) is 0 Å². The second kappa shape index (κ2) is 12.5. The SMILES string of the molecule is Cc1ccc(N(c2ccc(C)cc2)c2ccc(C(C)(C)c3ccc(N(c4ccc(C)cc4)c4cccc(C)c4)cc3)cc2)cc1. The number of rotatable bonds is 8. The van der Waals surface area contributed by atoms with Gasteiger partial charge in [-0.05, 0) is 117 Å². The van der Waals surface area contributed by atoms with Crippen molar-refractivity contribution < 1.29 is 0 Å². The molecule has 0 N–H and O–H groups in total. The molecule has 2 nitrogen and oxygen atoms in total. The van der Waals surface area contributed by atoms with Crippen molar-refractivity contribution in [3.05, 3.63) is 179 Å². The molecule has 0 aliphatic heterocycles. The summed E-state index contributed by atoms with van der Waals surface area (Å²) in [5.41, 5.74) is 14.3. The van der Waals surface area contributed by atoms with Gasteiger partial charge in [0, 0.05) is 39.5 Å². The lowest BCUT2D eigenvalue weighted by Crippen LogP contribution is -2.19. The summed E-state index contributed by atoms with van der Waals surface area (Å²) in [5, 5.41) is 0. The first-order chi connectivity index (χ1) is 21.7. The Morgan fingerprint density at radius 2 is 0.644 bits per heavy atom. The Balaban J connectivity index is 1.32. The standard InChI is InChI=1S/C43H42N2/c1-31-10-20-37(21-11-31)44(38-22-12-32(2)13-23-38)40-26-16-35(17-27-40)43(5,6)36-18-28-41(29-19-36)45(39-24-14-33(3)15-25-39)42-9-7-8-34(4)30-42/h7-30H,1-6H3. The van der Waals surface area contributed by atoms with Crippen LogP contribution in [0.3, 0.4) is 0 Å². The van der Waals surface area contributed by atoms with Crippen LogP contribution in [0.4, 0.5) is 34.1 Å². The van der Waals surface area contributed by atoms with E-state index in [9.17, 15) is 0 Å². The van der Waals surface area contributed by atoms with Crippen LogP contribution in [0.2, 0.25) is 0 Å². The average molecular weight is 587 g/mol. The number of hydrogen-bond donors (Lipinski definition) is 0. The van der Waals surface area contributed by atoms with Crippen molar-refractivity contribution in [1.82, 2.24) is 0 Å². The van der Waals surface area contributed by atoms with Crippen LogP contribution in [0.5, 0.6) is 0 Å². The van der Waals surface area contributed by atoms with Gasteiger partial charge in [-0.2, -0.15) is 0 Å². The van der Waals surface area contributed by atoms with Crippen LogP contribution in [-0.2, 0) is 5.41 Å². The molecule has 0 amide bonds. The smallest absolute Gasteiger partial charge is 0.0464 e. The van der Waals surface area contributed by atoms with Gasteiger partial charge in [0.2, 0.25) is 0 Å². The highest BCUT2D eigenvalue weighted by molar-refractivity contribution is 5.78. The molecular weight excluding hydrogens is 544 g/mol. The van der Waals surface area contributed by atoms with Crippen molar-refractivity contribution >= 4 is 34.1 Å². The molecule has 0 aliphatic rings. The summed E-state index contributed by atoms with van der Waals surface area (Å²) in [6.07, 6.45) is 0. The molecule has 0 aromatic heterocycles. The van der Waals surface area contributed by atoms with Gasteiger partial charge < -0.3 is 9.80 Å². The van der Waals surface area contributed by atoms with E-state index in [-0.39, 0.29) is 5.41 Å². The second-order valence-electron chi connectivity index (χ2n) is 12.7. The molecule has 0 heterocycles. The molecule has 6 aromatic rings. The van der Waals surface area contributed by atoms with Crippen LogP contribution < -0.4 is 9.80 Å². The minimum Gasteiger partial charge on any atom is -0.311 e. The summed E-state index contributed by atoms with van der Waals surface area (Å²) in [7, 11) is 0. The van der Waals surface area contributed by atoms with Crippen LogP contribution in [0, 0.1) is 27.7 Å². The van der Waals surface area contributed by atoms with E-state index in [1.807, 2.05) is 0 Å². The normalized spacial score (nSPS) is 11.3. The Bertz CT molecular complexity index is 1820. The molecule has 45 heavy (non-hydrogen) atoms. The number of nitrogens with zero attached hydrogens (tertiary/aromatic N) is 2. The van der Waals surface area contributed by atoms with Gasteiger partial charge in [-0.3, -0.25) is 0 Å². The molecule has 6 rings (SSSR count). The fourth-order valence-corrected chi connectivity index (χ4v) is 5.96. The highest BCUT2D eigenvalue weighted by Crippen LogP contribution is 2.40. The first-order valence-corrected chi connectivity index (χ1v) is 15.8. The third kappa shape index (κ3) is 6.42. The van der Waals surface area contributed by atoms with Gasteiger partial charge in [0.15, 0.2) is 0 Å². The Kier molecular flexibility index (Phi) is 8.32. The minimum absolute atomic E-state index is 0.173. The lowest BCUT2D eigenvalue weighted by molar-refractivity contribution is 0.641. The molecule has 6 aromatic carbocycles. The molecule has 0 saturated heterocycles. The molecule has 0 spiro atoms. The van der Waals surface area contributed by atoms with Gasteiger partial charge in [-0.25, -0.2) is 0 Å². The van der Waals surface area contributed by atoms with Crippen molar-refractivity contribution in [2.45, 2.75) is 47.0 Å². The summed E-state index contributed by atoms with van der Waals surface area (Å²) in [6, 6.07) is 53.1. The van der Waals surface area contributed by atoms with Gasteiger partial charge >= 0.3 is 0 Å². The largest absolute Gasteiger partial charge is 0.311 e. The van der Waals surface area contributed by atoms with E-state index < -0.39 is 0 Å². The van der Waals surface area contributed by atoms with Gasteiger partial charge in [0.1, 0.15) is 0 Å². The van der Waals surface area contributed by atoms with Crippen LogP contribution >= 0.6 is 0 Å². The zero-order chi connectivity index (χ0) is 31.6. The van der Waals surface area contributed by atoms with Gasteiger partial charge in [-0.1, -0.05) is 103 Å². The highest BCUT2D eigenvalue weighted by Gasteiger charge is 2.24. The van der Waals surface area contributed by atoms with Crippen molar-refractivity contribution in [3.8, 4) is 0 Å². The molecule has 0 atom stereocenters. The van der Waals surface area contributed by atoms with E-state index in [1.54, 1.807) is 0 Å². The predicted molar refractivity (Wildman–Crippen MR) is 193 cm³/mol. The maximum atomic E-state index is 2.34. The first kappa shape index (κ1) is 30.0. The summed E-state index contributed by atoms with van der Waals surface area (Å²) in [4.78, 5) is 4.66. The molecule has 0 bridgehead atoms. The predicted octanol–water partition coefficient (Wildman–Crippen LogP) is 12.2. The average Bonchev–Trinajstić information content (AvgIpc) is 3.05. The number of anilines is 6. The molecular formula is C43H42N2. The van der Waals surface area contributed by atoms with E-state index in [0.717, 1.165) is 34.1 Å². The second-order valence-corrected chi connectivity index (χ2v) is 12.7. The highest BCUT2D eigenvalue weighted by atomic mass is 15.1. The zero-order valence-corrected chi connectivity index (χ0v) is 27.3. The number of aryl methyl sites for hydroxylation is 4. The fourth-order valence-electron chi connectivity index (χ4n) is 5.96. The van der Waals surface area contributed by atoms with Crippen molar-refractivity contribution in [3.63, 3.8) is 0 Å². The summed E-state index contributed by atoms with van der Waals surface area (Å²) in [5.74, 6) is 0. The third-order valence-corrected chi connectivity index (χ3v) is 8.83. The van der Waals surface area contributed by atoms with E-state index in [1.165, 1.54) is 33.4 Å². The fraction of sp³-hybridized carbons (Fsp3) is 0.163.